The lowest BCUT2D eigenvalue weighted by Gasteiger charge is -2.17. The van der Waals surface area contributed by atoms with Crippen LogP contribution >= 0.6 is 0 Å². The molecule has 1 aromatic rings. The molecule has 8 heteroatoms. The standard InChI is InChI=1S/C16H23F3N2O3/c1-11(2)24-13-5-4-12(14(8-13)16(17,18)19)9-21-15(22)10-20-6-7-23-3/h4-5,8,11,20H,6-7,9-10H2,1-3H3,(H,21,22). The lowest BCUT2D eigenvalue weighted by molar-refractivity contribution is -0.138. The Bertz CT molecular complexity index is 534. The number of benzene rings is 1. The van der Waals surface area contributed by atoms with Crippen LogP contribution in [0.1, 0.15) is 25.0 Å². The molecule has 136 valence electrons. The second-order valence-corrected chi connectivity index (χ2v) is 5.43. The van der Waals surface area contributed by atoms with Crippen LogP contribution in [0.2, 0.25) is 0 Å². The molecule has 0 bridgehead atoms. The molecule has 24 heavy (non-hydrogen) atoms. The first-order valence-corrected chi connectivity index (χ1v) is 7.57. The minimum absolute atomic E-state index is 0.0103. The van der Waals surface area contributed by atoms with Crippen LogP contribution < -0.4 is 15.4 Å². The molecule has 1 rings (SSSR count). The van der Waals surface area contributed by atoms with Crippen molar-refractivity contribution in [3.8, 4) is 5.75 Å². The molecule has 0 aliphatic heterocycles. The molecule has 0 unspecified atom stereocenters. The Labute approximate surface area is 139 Å². The van der Waals surface area contributed by atoms with Crippen LogP contribution in [-0.4, -0.2) is 38.8 Å². The van der Waals surface area contributed by atoms with Crippen molar-refractivity contribution in [3.63, 3.8) is 0 Å². The molecule has 0 saturated carbocycles. The fourth-order valence-corrected chi connectivity index (χ4v) is 1.95. The zero-order chi connectivity index (χ0) is 18.2. The maximum atomic E-state index is 13.2. The number of halogens is 3. The molecule has 0 spiro atoms. The zero-order valence-electron chi connectivity index (χ0n) is 14.0. The van der Waals surface area contributed by atoms with Crippen molar-refractivity contribution in [1.29, 1.82) is 0 Å². The molecule has 0 fully saturated rings. The summed E-state index contributed by atoms with van der Waals surface area (Å²) in [4.78, 5) is 11.6. The molecule has 0 aromatic heterocycles. The van der Waals surface area contributed by atoms with Gasteiger partial charge in [0.1, 0.15) is 5.75 Å². The normalized spacial score (nSPS) is 11.6. The van der Waals surface area contributed by atoms with Crippen LogP contribution in [0.15, 0.2) is 18.2 Å². The Morgan fingerprint density at radius 2 is 2.00 bits per heavy atom. The first kappa shape index (κ1) is 20.2. The summed E-state index contributed by atoms with van der Waals surface area (Å²) < 4.78 is 49.7. The van der Waals surface area contributed by atoms with Crippen LogP contribution in [0, 0.1) is 0 Å². The minimum Gasteiger partial charge on any atom is -0.491 e. The van der Waals surface area contributed by atoms with E-state index >= 15 is 0 Å². The number of carbonyl (C=O) groups is 1. The third-order valence-corrected chi connectivity index (χ3v) is 3.00. The molecule has 0 heterocycles. The van der Waals surface area contributed by atoms with Crippen molar-refractivity contribution >= 4 is 5.91 Å². The largest absolute Gasteiger partial charge is 0.491 e. The molecule has 0 saturated heterocycles. The highest BCUT2D eigenvalue weighted by molar-refractivity contribution is 5.78. The highest BCUT2D eigenvalue weighted by Gasteiger charge is 2.33. The number of carbonyl (C=O) groups excluding carboxylic acids is 1. The van der Waals surface area contributed by atoms with Crippen molar-refractivity contribution in [2.45, 2.75) is 32.7 Å². The maximum absolute atomic E-state index is 13.2. The molecule has 1 aromatic carbocycles. The monoisotopic (exact) mass is 348 g/mol. The van der Waals surface area contributed by atoms with Gasteiger partial charge in [0.2, 0.25) is 5.91 Å². The van der Waals surface area contributed by atoms with Crippen LogP contribution in [0.5, 0.6) is 5.75 Å². The number of ether oxygens (including phenoxy) is 2. The summed E-state index contributed by atoms with van der Waals surface area (Å²) >= 11 is 0. The van der Waals surface area contributed by atoms with E-state index in [1.54, 1.807) is 13.8 Å². The first-order chi connectivity index (χ1) is 11.2. The van der Waals surface area contributed by atoms with Gasteiger partial charge in [-0.1, -0.05) is 6.07 Å². The van der Waals surface area contributed by atoms with Gasteiger partial charge in [-0.05, 0) is 31.5 Å². The second-order valence-electron chi connectivity index (χ2n) is 5.43. The van der Waals surface area contributed by atoms with Gasteiger partial charge in [-0.2, -0.15) is 13.2 Å². The third kappa shape index (κ3) is 7.18. The maximum Gasteiger partial charge on any atom is 0.416 e. The predicted octanol–water partition coefficient (Wildman–Crippen LogP) is 2.34. The number of nitrogens with one attached hydrogen (secondary N) is 2. The summed E-state index contributed by atoms with van der Waals surface area (Å²) in [5.74, 6) is -0.240. The van der Waals surface area contributed by atoms with Crippen molar-refractivity contribution in [2.24, 2.45) is 0 Å². The number of hydrogen-bond acceptors (Lipinski definition) is 4. The topological polar surface area (TPSA) is 59.6 Å². The summed E-state index contributed by atoms with van der Waals surface area (Å²) in [6.45, 7) is 4.21. The van der Waals surface area contributed by atoms with Gasteiger partial charge in [-0.3, -0.25) is 4.79 Å². The summed E-state index contributed by atoms with van der Waals surface area (Å²) in [5.41, 5.74) is -0.822. The molecule has 0 aliphatic rings. The Kier molecular flexibility index (Phi) is 8.00. The smallest absolute Gasteiger partial charge is 0.416 e. The summed E-state index contributed by atoms with van der Waals surface area (Å²) in [6.07, 6.45) is -4.75. The lowest BCUT2D eigenvalue weighted by Crippen LogP contribution is -2.35. The Balaban J connectivity index is 2.71. The van der Waals surface area contributed by atoms with Crippen LogP contribution in [0.3, 0.4) is 0 Å². The fraction of sp³-hybridized carbons (Fsp3) is 0.562. The number of hydrogen-bond donors (Lipinski definition) is 2. The van der Waals surface area contributed by atoms with E-state index < -0.39 is 11.7 Å². The van der Waals surface area contributed by atoms with Crippen molar-refractivity contribution < 1.29 is 27.4 Å². The molecule has 0 aliphatic carbocycles. The van der Waals surface area contributed by atoms with E-state index in [1.807, 2.05) is 0 Å². The quantitative estimate of drug-likeness (QED) is 0.673. The number of rotatable bonds is 9. The van der Waals surface area contributed by atoms with Gasteiger partial charge in [0, 0.05) is 20.2 Å². The predicted molar refractivity (Wildman–Crippen MR) is 83.8 cm³/mol. The van der Waals surface area contributed by atoms with Crippen molar-refractivity contribution in [3.05, 3.63) is 29.3 Å². The highest BCUT2D eigenvalue weighted by Crippen LogP contribution is 2.34. The van der Waals surface area contributed by atoms with Crippen LogP contribution in [0.4, 0.5) is 13.2 Å². The van der Waals surface area contributed by atoms with E-state index in [4.69, 9.17) is 9.47 Å². The summed E-state index contributed by atoms with van der Waals surface area (Å²) in [6, 6.07) is 3.74. The van der Waals surface area contributed by atoms with E-state index in [2.05, 4.69) is 10.6 Å². The van der Waals surface area contributed by atoms with Crippen LogP contribution in [0.25, 0.3) is 0 Å². The van der Waals surface area contributed by atoms with Gasteiger partial charge >= 0.3 is 6.18 Å². The van der Waals surface area contributed by atoms with E-state index in [9.17, 15) is 18.0 Å². The average Bonchev–Trinajstić information content (AvgIpc) is 2.48. The number of alkyl halides is 3. The van der Waals surface area contributed by atoms with E-state index in [-0.39, 0.29) is 36.4 Å². The lowest BCUT2D eigenvalue weighted by atomic mass is 10.1. The Morgan fingerprint density at radius 3 is 2.58 bits per heavy atom. The Hall–Kier alpha value is -1.80. The SMILES string of the molecule is COCCNCC(=O)NCc1ccc(OC(C)C)cc1C(F)(F)F. The molecule has 5 nitrogen and oxygen atoms in total. The van der Waals surface area contributed by atoms with E-state index in [0.717, 1.165) is 6.07 Å². The fourth-order valence-electron chi connectivity index (χ4n) is 1.95. The number of amides is 1. The van der Waals surface area contributed by atoms with Crippen LogP contribution in [-0.2, 0) is 22.3 Å². The summed E-state index contributed by atoms with van der Waals surface area (Å²) in [7, 11) is 1.53. The van der Waals surface area contributed by atoms with Gasteiger partial charge in [0.25, 0.3) is 0 Å². The van der Waals surface area contributed by atoms with Gasteiger partial charge in [0.15, 0.2) is 0 Å². The zero-order valence-corrected chi connectivity index (χ0v) is 14.0. The molecule has 1 amide bonds. The third-order valence-electron chi connectivity index (χ3n) is 3.00. The van der Waals surface area contributed by atoms with E-state index in [0.29, 0.717) is 13.2 Å². The second kappa shape index (κ2) is 9.48. The highest BCUT2D eigenvalue weighted by atomic mass is 19.4. The van der Waals surface area contributed by atoms with Gasteiger partial charge in [0.05, 0.1) is 24.8 Å². The summed E-state index contributed by atoms with van der Waals surface area (Å²) in [5, 5.41) is 5.28. The molecule has 2 N–H and O–H groups in total. The first-order valence-electron chi connectivity index (χ1n) is 7.57. The van der Waals surface area contributed by atoms with Gasteiger partial charge < -0.3 is 20.1 Å². The average molecular weight is 348 g/mol. The van der Waals surface area contributed by atoms with Crippen molar-refractivity contribution in [2.75, 3.05) is 26.8 Å². The van der Waals surface area contributed by atoms with E-state index in [1.165, 1.54) is 19.2 Å². The molecular weight excluding hydrogens is 325 g/mol. The Morgan fingerprint density at radius 1 is 1.29 bits per heavy atom. The van der Waals surface area contributed by atoms with Crippen molar-refractivity contribution in [1.82, 2.24) is 10.6 Å². The minimum atomic E-state index is -4.52. The number of methoxy groups -OCH3 is 1. The molecular formula is C16H23F3N2O3. The molecule has 0 radical (unpaired) electrons. The molecule has 0 atom stereocenters. The van der Waals surface area contributed by atoms with Gasteiger partial charge in [-0.15, -0.1) is 0 Å². The van der Waals surface area contributed by atoms with Gasteiger partial charge in [-0.25, -0.2) is 0 Å².